The Morgan fingerprint density at radius 2 is 2.15 bits per heavy atom. The highest BCUT2D eigenvalue weighted by atomic mass is 32.2. The van der Waals surface area contributed by atoms with E-state index >= 15 is 0 Å². The second-order valence-corrected chi connectivity index (χ2v) is 5.21. The third kappa shape index (κ3) is 3.74. The minimum Gasteiger partial charge on any atom is -0.550 e. The number of thioether (sulfide) groups is 1. The van der Waals surface area contributed by atoms with Gasteiger partial charge in [0.25, 0.3) is 0 Å². The van der Waals surface area contributed by atoms with Crippen LogP contribution in [0.5, 0.6) is 5.75 Å². The highest BCUT2D eigenvalue weighted by Gasteiger charge is 2.30. The van der Waals surface area contributed by atoms with E-state index in [1.165, 1.54) is 0 Å². The van der Waals surface area contributed by atoms with Gasteiger partial charge >= 0.3 is 0 Å². The molecule has 0 radical (unpaired) electrons. The smallest absolute Gasteiger partial charge is 0.239 e. The second kappa shape index (κ2) is 6.42. The molecule has 0 bridgehead atoms. The fourth-order valence-electron chi connectivity index (χ4n) is 1.64. The van der Waals surface area contributed by atoms with E-state index < -0.39 is 11.2 Å². The Labute approximate surface area is 120 Å². The summed E-state index contributed by atoms with van der Waals surface area (Å²) in [5.41, 5.74) is 0.658. The molecule has 1 fully saturated rings. The minimum absolute atomic E-state index is 0.321. The molecule has 1 amide bonds. The number of aliphatic carboxylic acids is 1. The molecule has 1 N–H and O–H groups in total. The van der Waals surface area contributed by atoms with Crippen LogP contribution in [0.15, 0.2) is 29.3 Å². The van der Waals surface area contributed by atoms with E-state index in [0.29, 0.717) is 17.5 Å². The maximum atomic E-state index is 11.5. The largest absolute Gasteiger partial charge is 0.550 e. The average molecular weight is 293 g/mol. The Kier molecular flexibility index (Phi) is 4.62. The molecule has 20 heavy (non-hydrogen) atoms. The number of hydrogen-bond donors (Lipinski definition) is 1. The summed E-state index contributed by atoms with van der Waals surface area (Å²) >= 11 is 1.09. The second-order valence-electron chi connectivity index (χ2n) is 4.02. The van der Waals surface area contributed by atoms with Crippen LogP contribution in [-0.4, -0.2) is 28.9 Å². The Morgan fingerprint density at radius 3 is 2.75 bits per heavy atom. The molecule has 0 aliphatic carbocycles. The quantitative estimate of drug-likeness (QED) is 0.851. The summed E-state index contributed by atoms with van der Waals surface area (Å²) in [6, 6.07) is 7.08. The predicted octanol–water partition coefficient (Wildman–Crippen LogP) is 0.444. The van der Waals surface area contributed by atoms with Gasteiger partial charge in [-0.3, -0.25) is 4.79 Å². The van der Waals surface area contributed by atoms with Crippen molar-refractivity contribution in [3.05, 3.63) is 24.3 Å². The molecule has 0 saturated carbocycles. The molecule has 2 rings (SSSR count). The van der Waals surface area contributed by atoms with Gasteiger partial charge in [0.15, 0.2) is 5.17 Å². The molecule has 6 nitrogen and oxygen atoms in total. The van der Waals surface area contributed by atoms with E-state index in [-0.39, 0.29) is 12.3 Å². The zero-order chi connectivity index (χ0) is 14.5. The molecule has 1 aromatic carbocycles. The third-order valence-corrected chi connectivity index (χ3v) is 3.59. The van der Waals surface area contributed by atoms with Crippen LogP contribution < -0.4 is 15.2 Å². The zero-order valence-electron chi connectivity index (χ0n) is 10.8. The fourth-order valence-corrected chi connectivity index (χ4v) is 2.62. The number of ether oxygens (including phenoxy) is 1. The van der Waals surface area contributed by atoms with E-state index in [1.807, 2.05) is 6.92 Å². The first kappa shape index (κ1) is 14.4. The monoisotopic (exact) mass is 293 g/mol. The van der Waals surface area contributed by atoms with Crippen molar-refractivity contribution in [2.24, 2.45) is 4.99 Å². The van der Waals surface area contributed by atoms with E-state index in [4.69, 9.17) is 4.74 Å². The standard InChI is InChI=1S/C13H14N2O4S/c1-2-19-9-5-3-8(4-6-9)14-13-15-12(18)10(20-13)7-11(16)17/h3-6,10H,2,7H2,1H3,(H,16,17)(H,14,15,18)/p-1/t10-/m1/s1. The molecule has 0 aromatic heterocycles. The SMILES string of the molecule is CCOc1ccc(N=C2NC(=O)[C@@H](CC(=O)[O-])S2)cc1. The number of nitrogens with zero attached hydrogens (tertiary/aromatic N) is 1. The van der Waals surface area contributed by atoms with Crippen molar-refractivity contribution >= 4 is 34.5 Å². The van der Waals surface area contributed by atoms with Gasteiger partial charge in [-0.15, -0.1) is 0 Å². The van der Waals surface area contributed by atoms with Crippen molar-refractivity contribution in [1.29, 1.82) is 0 Å². The normalized spacial score (nSPS) is 19.9. The minimum atomic E-state index is -1.25. The summed E-state index contributed by atoms with van der Waals surface area (Å²) in [7, 11) is 0. The number of carboxylic acids is 1. The molecule has 1 aliphatic rings. The molecule has 106 valence electrons. The number of aliphatic imine (C=N–C) groups is 1. The van der Waals surface area contributed by atoms with Crippen molar-refractivity contribution < 1.29 is 19.4 Å². The van der Waals surface area contributed by atoms with Crippen LogP contribution in [0, 0.1) is 0 Å². The van der Waals surface area contributed by atoms with Gasteiger partial charge in [0.05, 0.1) is 17.5 Å². The van der Waals surface area contributed by atoms with Crippen LogP contribution in [0.3, 0.4) is 0 Å². The van der Waals surface area contributed by atoms with Gasteiger partial charge in [-0.1, -0.05) is 11.8 Å². The van der Waals surface area contributed by atoms with Crippen molar-refractivity contribution in [2.75, 3.05) is 6.61 Å². The molecule has 1 atom stereocenters. The van der Waals surface area contributed by atoms with E-state index in [2.05, 4.69) is 10.3 Å². The lowest BCUT2D eigenvalue weighted by molar-refractivity contribution is -0.305. The van der Waals surface area contributed by atoms with Gasteiger partial charge in [0.2, 0.25) is 5.91 Å². The van der Waals surface area contributed by atoms with Gasteiger partial charge in [0, 0.05) is 12.4 Å². The predicted molar refractivity (Wildman–Crippen MR) is 73.9 cm³/mol. The summed E-state index contributed by atoms with van der Waals surface area (Å²) in [6.07, 6.45) is -0.321. The van der Waals surface area contributed by atoms with Crippen LogP contribution in [0.4, 0.5) is 5.69 Å². The average Bonchev–Trinajstić information content (AvgIpc) is 2.72. The first-order valence-corrected chi connectivity index (χ1v) is 6.95. The number of carboxylic acid groups (broad SMARTS) is 1. The maximum Gasteiger partial charge on any atom is 0.239 e. The number of amides is 1. The summed E-state index contributed by atoms with van der Waals surface area (Å²) in [4.78, 5) is 26.3. The van der Waals surface area contributed by atoms with E-state index in [1.54, 1.807) is 24.3 Å². The fraction of sp³-hybridized carbons (Fsp3) is 0.308. The Hall–Kier alpha value is -2.02. The highest BCUT2D eigenvalue weighted by molar-refractivity contribution is 8.15. The highest BCUT2D eigenvalue weighted by Crippen LogP contribution is 2.25. The van der Waals surface area contributed by atoms with Gasteiger partial charge in [-0.25, -0.2) is 4.99 Å². The summed E-state index contributed by atoms with van der Waals surface area (Å²) in [6.45, 7) is 2.49. The van der Waals surface area contributed by atoms with Crippen LogP contribution >= 0.6 is 11.8 Å². The number of carbonyl (C=O) groups excluding carboxylic acids is 2. The van der Waals surface area contributed by atoms with Gasteiger partial charge in [0.1, 0.15) is 5.75 Å². The number of amidine groups is 1. The molecule has 1 saturated heterocycles. The van der Waals surface area contributed by atoms with Crippen molar-refractivity contribution in [3.63, 3.8) is 0 Å². The molecule has 0 unspecified atom stereocenters. The summed E-state index contributed by atoms with van der Waals surface area (Å²) in [5.74, 6) is -0.863. The lowest BCUT2D eigenvalue weighted by atomic mass is 10.3. The van der Waals surface area contributed by atoms with E-state index in [0.717, 1.165) is 17.5 Å². The molecular formula is C13H13N2O4S-. The molecule has 1 aliphatic heterocycles. The zero-order valence-corrected chi connectivity index (χ0v) is 11.6. The summed E-state index contributed by atoms with van der Waals surface area (Å²) < 4.78 is 5.31. The summed E-state index contributed by atoms with van der Waals surface area (Å²) in [5, 5.41) is 12.8. The Morgan fingerprint density at radius 1 is 1.45 bits per heavy atom. The van der Waals surface area contributed by atoms with E-state index in [9.17, 15) is 14.7 Å². The molecule has 7 heteroatoms. The number of benzene rings is 1. The molecule has 1 aromatic rings. The molecular weight excluding hydrogens is 280 g/mol. The Bertz CT molecular complexity index is 542. The van der Waals surface area contributed by atoms with Crippen molar-refractivity contribution in [1.82, 2.24) is 5.32 Å². The van der Waals surface area contributed by atoms with Crippen LogP contribution in [0.25, 0.3) is 0 Å². The third-order valence-electron chi connectivity index (χ3n) is 2.51. The number of hydrogen-bond acceptors (Lipinski definition) is 6. The van der Waals surface area contributed by atoms with Crippen LogP contribution in [0.2, 0.25) is 0 Å². The van der Waals surface area contributed by atoms with Gasteiger partial charge in [-0.05, 0) is 31.2 Å². The van der Waals surface area contributed by atoms with Gasteiger partial charge in [-0.2, -0.15) is 0 Å². The maximum absolute atomic E-state index is 11.5. The number of carbonyl (C=O) groups is 2. The van der Waals surface area contributed by atoms with Crippen molar-refractivity contribution in [3.8, 4) is 5.75 Å². The first-order valence-electron chi connectivity index (χ1n) is 6.07. The van der Waals surface area contributed by atoms with Crippen LogP contribution in [-0.2, 0) is 9.59 Å². The molecule has 1 heterocycles. The number of nitrogens with one attached hydrogen (secondary N) is 1. The lowest BCUT2D eigenvalue weighted by Crippen LogP contribution is -2.31. The Balaban J connectivity index is 2.04. The molecule has 0 spiro atoms. The first-order chi connectivity index (χ1) is 9.58. The van der Waals surface area contributed by atoms with Crippen molar-refractivity contribution in [2.45, 2.75) is 18.6 Å². The van der Waals surface area contributed by atoms with Gasteiger partial charge < -0.3 is 20.0 Å². The van der Waals surface area contributed by atoms with Crippen LogP contribution in [0.1, 0.15) is 13.3 Å². The topological polar surface area (TPSA) is 90.8 Å². The number of rotatable bonds is 5. The lowest BCUT2D eigenvalue weighted by Gasteiger charge is -2.04.